The van der Waals surface area contributed by atoms with E-state index in [-0.39, 0.29) is 29.2 Å². The zero-order valence-corrected chi connectivity index (χ0v) is 26.1. The fourth-order valence-electron chi connectivity index (χ4n) is 5.92. The molecule has 0 bridgehead atoms. The van der Waals surface area contributed by atoms with Crippen molar-refractivity contribution in [1.82, 2.24) is 19.4 Å². The van der Waals surface area contributed by atoms with E-state index in [0.29, 0.717) is 28.5 Å². The Balaban J connectivity index is 1.24. The SMILES string of the molecule is Cc1c(NC(=O)c2cc3c(s2)CCCC3O)cccc1-c1cn(C)c(=O)c(Nc2ccc(C3C(=O)N(C)CCN3C)cc2)n1. The minimum atomic E-state index is -0.511. The van der Waals surface area contributed by atoms with E-state index in [0.717, 1.165) is 52.9 Å². The highest BCUT2D eigenvalue weighted by atomic mass is 32.1. The number of carbonyl (C=O) groups is 2. The highest BCUT2D eigenvalue weighted by Gasteiger charge is 2.32. The molecule has 1 fully saturated rings. The van der Waals surface area contributed by atoms with Crippen molar-refractivity contribution in [3.63, 3.8) is 0 Å². The molecule has 0 radical (unpaired) electrons. The molecule has 10 nitrogen and oxygen atoms in total. The van der Waals surface area contributed by atoms with E-state index in [2.05, 4.69) is 15.6 Å². The molecule has 1 aliphatic heterocycles. The molecule has 228 valence electrons. The van der Waals surface area contributed by atoms with E-state index in [4.69, 9.17) is 0 Å². The summed E-state index contributed by atoms with van der Waals surface area (Å²) < 4.78 is 1.48. The Morgan fingerprint density at radius 1 is 1.07 bits per heavy atom. The van der Waals surface area contributed by atoms with E-state index in [1.165, 1.54) is 15.9 Å². The lowest BCUT2D eigenvalue weighted by molar-refractivity contribution is -0.139. The molecule has 0 saturated carbocycles. The molecule has 1 saturated heterocycles. The Hall–Kier alpha value is -4.32. The maximum atomic E-state index is 13.2. The van der Waals surface area contributed by atoms with Crippen LogP contribution in [0.4, 0.5) is 17.2 Å². The first-order valence-corrected chi connectivity index (χ1v) is 15.5. The number of aliphatic hydroxyl groups is 1. The first kappa shape index (κ1) is 29.7. The monoisotopic (exact) mass is 612 g/mol. The number of likely N-dealkylation sites (N-methyl/N-ethyl adjacent to an activating group) is 2. The van der Waals surface area contributed by atoms with Gasteiger partial charge >= 0.3 is 0 Å². The molecule has 11 heteroatoms. The van der Waals surface area contributed by atoms with Crippen molar-refractivity contribution in [2.75, 3.05) is 37.8 Å². The summed E-state index contributed by atoms with van der Waals surface area (Å²) in [5, 5.41) is 16.5. The lowest BCUT2D eigenvalue weighted by atomic mass is 9.96. The van der Waals surface area contributed by atoms with E-state index < -0.39 is 6.10 Å². The number of aliphatic hydroxyl groups excluding tert-OH is 1. The third-order valence-electron chi connectivity index (χ3n) is 8.56. The molecule has 2 amide bonds. The van der Waals surface area contributed by atoms with Crippen molar-refractivity contribution in [3.8, 4) is 11.3 Å². The average molecular weight is 613 g/mol. The second-order valence-corrected chi connectivity index (χ2v) is 12.7. The lowest BCUT2D eigenvalue weighted by Crippen LogP contribution is -2.48. The number of aromatic nitrogens is 2. The van der Waals surface area contributed by atoms with E-state index in [1.807, 2.05) is 68.4 Å². The Labute approximate surface area is 260 Å². The van der Waals surface area contributed by atoms with Gasteiger partial charge in [-0.2, -0.15) is 0 Å². The number of piperazine rings is 1. The molecule has 3 heterocycles. The van der Waals surface area contributed by atoms with Gasteiger partial charge in [0.1, 0.15) is 6.04 Å². The average Bonchev–Trinajstić information content (AvgIpc) is 3.46. The van der Waals surface area contributed by atoms with Gasteiger partial charge in [0.15, 0.2) is 5.82 Å². The van der Waals surface area contributed by atoms with Crippen LogP contribution >= 0.6 is 11.3 Å². The van der Waals surface area contributed by atoms with Crippen molar-refractivity contribution < 1.29 is 14.7 Å². The van der Waals surface area contributed by atoms with Crippen LogP contribution in [-0.2, 0) is 18.3 Å². The van der Waals surface area contributed by atoms with Gasteiger partial charge in [0.25, 0.3) is 11.5 Å². The number of rotatable bonds is 6. The fourth-order valence-corrected chi connectivity index (χ4v) is 7.07. The number of nitrogens with one attached hydrogen (secondary N) is 2. The van der Waals surface area contributed by atoms with Crippen molar-refractivity contribution in [2.45, 2.75) is 38.3 Å². The summed E-state index contributed by atoms with van der Waals surface area (Å²) in [7, 11) is 5.44. The van der Waals surface area contributed by atoms with Crippen LogP contribution in [0.1, 0.15) is 56.2 Å². The highest BCUT2D eigenvalue weighted by molar-refractivity contribution is 7.14. The molecular formula is C33H36N6O4S. The first-order chi connectivity index (χ1) is 21.1. The van der Waals surface area contributed by atoms with Crippen LogP contribution in [0.2, 0.25) is 0 Å². The van der Waals surface area contributed by atoms with Crippen LogP contribution in [0.15, 0.2) is 59.5 Å². The number of thiophene rings is 1. The Kier molecular flexibility index (Phi) is 8.10. The molecule has 2 aliphatic rings. The molecule has 2 aromatic heterocycles. The number of amides is 2. The van der Waals surface area contributed by atoms with Crippen molar-refractivity contribution >= 4 is 40.3 Å². The zero-order valence-electron chi connectivity index (χ0n) is 25.3. The molecular weight excluding hydrogens is 576 g/mol. The first-order valence-electron chi connectivity index (χ1n) is 14.7. The number of fused-ring (bicyclic) bond motifs is 1. The predicted octanol–water partition coefficient (Wildman–Crippen LogP) is 4.63. The van der Waals surface area contributed by atoms with Gasteiger partial charge in [-0.3, -0.25) is 19.3 Å². The van der Waals surface area contributed by atoms with Gasteiger partial charge in [-0.05, 0) is 74.2 Å². The van der Waals surface area contributed by atoms with Gasteiger partial charge in [0.05, 0.1) is 16.7 Å². The second-order valence-electron chi connectivity index (χ2n) is 11.6. The predicted molar refractivity (Wildman–Crippen MR) is 173 cm³/mol. The smallest absolute Gasteiger partial charge is 0.293 e. The molecule has 0 spiro atoms. The Morgan fingerprint density at radius 2 is 1.84 bits per heavy atom. The normalized spacial score (nSPS) is 18.7. The number of hydrogen-bond acceptors (Lipinski definition) is 8. The van der Waals surface area contributed by atoms with E-state index >= 15 is 0 Å². The van der Waals surface area contributed by atoms with Crippen LogP contribution in [0.3, 0.4) is 0 Å². The standard InChI is InChI=1S/C33H36N6O4S/c1-19-22(7-5-8-24(19)36-31(41)28-17-23-26(40)9-6-10-27(23)44-28)25-18-39(4)33(43)30(35-25)34-21-13-11-20(12-14-21)29-32(42)38(3)16-15-37(29)2/h5,7-8,11-14,17-18,26,29,40H,6,9-10,15-16H2,1-4H3,(H,34,35)(H,36,41). The van der Waals surface area contributed by atoms with Gasteiger partial charge in [-0.15, -0.1) is 11.3 Å². The number of aryl methyl sites for hydroxylation is 2. The number of carbonyl (C=O) groups excluding carboxylic acids is 2. The Morgan fingerprint density at radius 3 is 2.59 bits per heavy atom. The quantitative estimate of drug-likeness (QED) is 0.291. The minimum absolute atomic E-state index is 0.0600. The molecule has 6 rings (SSSR count). The maximum absolute atomic E-state index is 13.2. The van der Waals surface area contributed by atoms with Crippen molar-refractivity contribution in [1.29, 1.82) is 0 Å². The van der Waals surface area contributed by atoms with Gasteiger partial charge < -0.3 is 25.2 Å². The largest absolute Gasteiger partial charge is 0.388 e. The van der Waals surface area contributed by atoms with Crippen LogP contribution < -0.4 is 16.2 Å². The summed E-state index contributed by atoms with van der Waals surface area (Å²) in [4.78, 5) is 49.2. The summed E-state index contributed by atoms with van der Waals surface area (Å²) in [6.45, 7) is 3.41. The molecule has 2 aromatic carbocycles. The number of nitrogens with zero attached hydrogens (tertiary/aromatic N) is 4. The van der Waals surface area contributed by atoms with Crippen LogP contribution in [0.25, 0.3) is 11.3 Å². The van der Waals surface area contributed by atoms with Crippen LogP contribution in [0.5, 0.6) is 0 Å². The fraction of sp³-hybridized carbons (Fsp3) is 0.333. The van der Waals surface area contributed by atoms with Gasteiger partial charge in [0, 0.05) is 55.2 Å². The number of anilines is 3. The van der Waals surface area contributed by atoms with Crippen LogP contribution in [0, 0.1) is 6.92 Å². The molecule has 2 atom stereocenters. The third kappa shape index (κ3) is 5.66. The van der Waals surface area contributed by atoms with Gasteiger partial charge in [0.2, 0.25) is 5.91 Å². The van der Waals surface area contributed by atoms with Crippen molar-refractivity contribution in [3.05, 3.63) is 91.5 Å². The summed E-state index contributed by atoms with van der Waals surface area (Å²) in [5.41, 5.74) is 4.96. The lowest BCUT2D eigenvalue weighted by Gasteiger charge is -2.37. The number of hydrogen-bond donors (Lipinski definition) is 3. The summed E-state index contributed by atoms with van der Waals surface area (Å²) in [5.74, 6) is 0.00791. The minimum Gasteiger partial charge on any atom is -0.388 e. The van der Waals surface area contributed by atoms with Crippen molar-refractivity contribution in [2.24, 2.45) is 7.05 Å². The topological polar surface area (TPSA) is 120 Å². The maximum Gasteiger partial charge on any atom is 0.293 e. The Bertz CT molecular complexity index is 1800. The summed E-state index contributed by atoms with van der Waals surface area (Å²) in [6.07, 6.45) is 3.69. The van der Waals surface area contributed by atoms with Crippen LogP contribution in [-0.4, -0.2) is 63.5 Å². The van der Waals surface area contributed by atoms with E-state index in [1.54, 1.807) is 24.2 Å². The molecule has 1 aliphatic carbocycles. The van der Waals surface area contributed by atoms with Gasteiger partial charge in [-0.1, -0.05) is 24.3 Å². The summed E-state index contributed by atoms with van der Waals surface area (Å²) in [6, 6.07) is 14.6. The molecule has 3 N–H and O–H groups in total. The number of benzene rings is 2. The zero-order chi connectivity index (χ0) is 31.1. The summed E-state index contributed by atoms with van der Waals surface area (Å²) >= 11 is 1.44. The third-order valence-corrected chi connectivity index (χ3v) is 9.77. The molecule has 2 unspecified atom stereocenters. The molecule has 4 aromatic rings. The second kappa shape index (κ2) is 12.0. The van der Waals surface area contributed by atoms with Gasteiger partial charge in [-0.25, -0.2) is 4.98 Å². The highest BCUT2D eigenvalue weighted by Crippen LogP contribution is 2.36. The molecule has 44 heavy (non-hydrogen) atoms. The van der Waals surface area contributed by atoms with E-state index in [9.17, 15) is 19.5 Å².